The molecule has 0 aliphatic rings. The molecule has 1 N–H and O–H groups in total. The van der Waals surface area contributed by atoms with Crippen molar-refractivity contribution < 1.29 is 4.79 Å². The Labute approximate surface area is 109 Å². The van der Waals surface area contributed by atoms with E-state index in [4.69, 9.17) is 0 Å². The van der Waals surface area contributed by atoms with Gasteiger partial charge in [0.2, 0.25) is 0 Å². The smallest absolute Gasteiger partial charge is 0.262 e. The fraction of sp³-hybridized carbons (Fsp3) is 0.545. The number of carbonyl (C=O) groups is 1. The molecule has 1 heterocycles. The van der Waals surface area contributed by atoms with Gasteiger partial charge in [-0.3, -0.25) is 4.79 Å². The maximum Gasteiger partial charge on any atom is 0.262 e. The highest BCUT2D eigenvalue weighted by Gasteiger charge is 2.22. The first-order valence-corrected chi connectivity index (χ1v) is 6.70. The Kier molecular flexibility index (Phi) is 4.52. The number of nitrogens with one attached hydrogen (secondary N) is 1. The predicted molar refractivity (Wildman–Crippen MR) is 72.1 cm³/mol. The second-order valence-corrected chi connectivity index (χ2v) is 6.26. The van der Waals surface area contributed by atoms with Gasteiger partial charge in [-0.05, 0) is 55.3 Å². The monoisotopic (exact) mass is 304 g/mol. The van der Waals surface area contributed by atoms with Crippen LogP contribution in [0.5, 0.6) is 0 Å². The lowest BCUT2D eigenvalue weighted by atomic mass is 10.0. The summed E-state index contributed by atoms with van der Waals surface area (Å²) < 4.78 is 0.859. The van der Waals surface area contributed by atoms with Crippen LogP contribution < -0.4 is 5.32 Å². The Bertz CT molecular complexity index is 374. The van der Waals surface area contributed by atoms with Gasteiger partial charge in [0, 0.05) is 16.6 Å². The molecule has 1 aromatic rings. The summed E-state index contributed by atoms with van der Waals surface area (Å²) in [5.74, 6) is -0.0169. The van der Waals surface area contributed by atoms with Crippen molar-refractivity contribution in [3.05, 3.63) is 20.8 Å². The minimum atomic E-state index is -0.0423. The normalized spacial score (nSPS) is 11.9. The van der Waals surface area contributed by atoms with Crippen molar-refractivity contribution in [1.82, 2.24) is 10.2 Å². The van der Waals surface area contributed by atoms with Gasteiger partial charge in [-0.25, -0.2) is 0 Å². The second kappa shape index (κ2) is 5.29. The number of hydrogen-bond acceptors (Lipinski definition) is 3. The zero-order chi connectivity index (χ0) is 12.3. The molecule has 0 unspecified atom stereocenters. The third-order valence-corrected chi connectivity index (χ3v) is 4.55. The van der Waals surface area contributed by atoms with E-state index in [0.717, 1.165) is 9.35 Å². The minimum Gasteiger partial charge on any atom is -0.349 e. The van der Waals surface area contributed by atoms with Gasteiger partial charge in [-0.1, -0.05) is 0 Å². The fourth-order valence-corrected chi connectivity index (χ4v) is 2.46. The first-order valence-electron chi connectivity index (χ1n) is 5.03. The molecule has 0 aromatic carbocycles. The van der Waals surface area contributed by atoms with Crippen molar-refractivity contribution in [1.29, 1.82) is 0 Å². The van der Waals surface area contributed by atoms with Gasteiger partial charge >= 0.3 is 0 Å². The number of nitrogens with zero attached hydrogens (tertiary/aromatic N) is 1. The third kappa shape index (κ3) is 3.30. The maximum absolute atomic E-state index is 11.8. The molecule has 1 aromatic heterocycles. The molecule has 0 spiro atoms. The Morgan fingerprint density at radius 3 is 2.62 bits per heavy atom. The summed E-state index contributed by atoms with van der Waals surface area (Å²) in [4.78, 5) is 14.7. The number of amides is 1. The molecule has 5 heteroatoms. The van der Waals surface area contributed by atoms with Gasteiger partial charge in [-0.15, -0.1) is 11.3 Å². The first kappa shape index (κ1) is 13.7. The predicted octanol–water partition coefficient (Wildman–Crippen LogP) is 2.58. The molecule has 0 fully saturated rings. The fourth-order valence-electron chi connectivity index (χ4n) is 0.991. The second-order valence-electron chi connectivity index (χ2n) is 4.49. The average molecular weight is 305 g/mol. The number of carbonyl (C=O) groups excluding carboxylic acids is 1. The zero-order valence-corrected chi connectivity index (χ0v) is 12.4. The van der Waals surface area contributed by atoms with Crippen LogP contribution in [0.15, 0.2) is 15.9 Å². The number of thiophene rings is 1. The lowest BCUT2D eigenvalue weighted by Gasteiger charge is -2.32. The standard InChI is InChI=1S/C11H17BrN2OS/c1-11(2,14(3)4)7-13-10(15)9-8(12)5-6-16-9/h5-6H,7H2,1-4H3,(H,13,15). The molecule has 0 saturated heterocycles. The quantitative estimate of drug-likeness (QED) is 0.927. The van der Waals surface area contributed by atoms with Crippen LogP contribution in [-0.4, -0.2) is 37.0 Å². The van der Waals surface area contributed by atoms with Gasteiger partial charge in [0.25, 0.3) is 5.91 Å². The SMILES string of the molecule is CN(C)C(C)(C)CNC(=O)c1sccc1Br. The summed E-state index contributed by atoms with van der Waals surface area (Å²) >= 11 is 4.80. The lowest BCUT2D eigenvalue weighted by molar-refractivity contribution is 0.0923. The summed E-state index contributed by atoms with van der Waals surface area (Å²) in [6, 6.07) is 1.89. The van der Waals surface area contributed by atoms with Crippen LogP contribution in [0.3, 0.4) is 0 Å². The summed E-state index contributed by atoms with van der Waals surface area (Å²) in [6.45, 7) is 4.82. The molecule has 0 atom stereocenters. The molecule has 0 saturated carbocycles. The molecular formula is C11H17BrN2OS. The molecule has 90 valence electrons. The molecule has 0 aliphatic heterocycles. The van der Waals surface area contributed by atoms with Gasteiger partial charge in [-0.2, -0.15) is 0 Å². The highest BCUT2D eigenvalue weighted by atomic mass is 79.9. The molecule has 0 radical (unpaired) electrons. The Morgan fingerprint density at radius 1 is 1.56 bits per heavy atom. The van der Waals surface area contributed by atoms with Crippen molar-refractivity contribution in [2.45, 2.75) is 19.4 Å². The van der Waals surface area contributed by atoms with E-state index in [-0.39, 0.29) is 11.4 Å². The maximum atomic E-state index is 11.8. The molecule has 16 heavy (non-hydrogen) atoms. The van der Waals surface area contributed by atoms with Crippen LogP contribution in [0.2, 0.25) is 0 Å². The van der Waals surface area contributed by atoms with E-state index in [0.29, 0.717) is 6.54 Å². The van der Waals surface area contributed by atoms with E-state index in [9.17, 15) is 4.79 Å². The molecule has 0 bridgehead atoms. The summed E-state index contributed by atoms with van der Waals surface area (Å²) in [5.41, 5.74) is -0.0423. The number of halogens is 1. The average Bonchev–Trinajstić information content (AvgIpc) is 2.61. The van der Waals surface area contributed by atoms with Crippen LogP contribution in [0, 0.1) is 0 Å². The Hall–Kier alpha value is -0.390. The van der Waals surface area contributed by atoms with Crippen LogP contribution in [0.1, 0.15) is 23.5 Å². The minimum absolute atomic E-state index is 0.0169. The number of likely N-dealkylation sites (N-methyl/N-ethyl adjacent to an activating group) is 1. The van der Waals surface area contributed by atoms with Crippen molar-refractivity contribution in [3.8, 4) is 0 Å². The highest BCUT2D eigenvalue weighted by Crippen LogP contribution is 2.22. The largest absolute Gasteiger partial charge is 0.349 e. The summed E-state index contributed by atoms with van der Waals surface area (Å²) in [5, 5.41) is 4.85. The third-order valence-electron chi connectivity index (χ3n) is 2.72. The van der Waals surface area contributed by atoms with Crippen LogP contribution in [-0.2, 0) is 0 Å². The van der Waals surface area contributed by atoms with E-state index in [1.165, 1.54) is 11.3 Å². The topological polar surface area (TPSA) is 32.3 Å². The van der Waals surface area contributed by atoms with Crippen molar-refractivity contribution in [3.63, 3.8) is 0 Å². The van der Waals surface area contributed by atoms with E-state index in [1.54, 1.807) is 0 Å². The van der Waals surface area contributed by atoms with Crippen molar-refractivity contribution in [2.75, 3.05) is 20.6 Å². The molecule has 3 nitrogen and oxygen atoms in total. The Morgan fingerprint density at radius 2 is 2.19 bits per heavy atom. The molecule has 1 amide bonds. The van der Waals surface area contributed by atoms with Crippen LogP contribution >= 0.6 is 27.3 Å². The summed E-state index contributed by atoms with van der Waals surface area (Å²) in [7, 11) is 4.01. The van der Waals surface area contributed by atoms with Gasteiger partial charge in [0.05, 0.1) is 0 Å². The van der Waals surface area contributed by atoms with E-state index < -0.39 is 0 Å². The number of rotatable bonds is 4. The van der Waals surface area contributed by atoms with E-state index in [1.807, 2.05) is 25.5 Å². The molecule has 1 rings (SSSR count). The van der Waals surface area contributed by atoms with Crippen molar-refractivity contribution in [2.24, 2.45) is 0 Å². The van der Waals surface area contributed by atoms with Crippen molar-refractivity contribution >= 4 is 33.2 Å². The molecular weight excluding hydrogens is 288 g/mol. The van der Waals surface area contributed by atoms with Gasteiger partial charge in [0.1, 0.15) is 4.88 Å². The van der Waals surface area contributed by atoms with Crippen LogP contribution in [0.4, 0.5) is 0 Å². The number of hydrogen-bond donors (Lipinski definition) is 1. The summed E-state index contributed by atoms with van der Waals surface area (Å²) in [6.07, 6.45) is 0. The first-order chi connectivity index (χ1) is 7.34. The Balaban J connectivity index is 2.58. The van der Waals surface area contributed by atoms with Gasteiger partial charge in [0.15, 0.2) is 0 Å². The van der Waals surface area contributed by atoms with Gasteiger partial charge < -0.3 is 10.2 Å². The highest BCUT2D eigenvalue weighted by molar-refractivity contribution is 9.10. The van der Waals surface area contributed by atoms with E-state index in [2.05, 4.69) is 40.0 Å². The zero-order valence-electron chi connectivity index (χ0n) is 10.0. The van der Waals surface area contributed by atoms with Crippen LogP contribution in [0.25, 0.3) is 0 Å². The lowest BCUT2D eigenvalue weighted by Crippen LogP contribution is -2.48. The van der Waals surface area contributed by atoms with E-state index >= 15 is 0 Å². The molecule has 0 aliphatic carbocycles.